The van der Waals surface area contributed by atoms with Crippen LogP contribution in [0.1, 0.15) is 13.3 Å². The number of carbonyl (C=O) groups excluding carboxylic acids is 2. The van der Waals surface area contributed by atoms with E-state index in [1.807, 2.05) is 42.5 Å². The van der Waals surface area contributed by atoms with Gasteiger partial charge in [-0.2, -0.15) is 0 Å². The summed E-state index contributed by atoms with van der Waals surface area (Å²) in [6.07, 6.45) is -0.0739. The molecular formula is C19H22N2O3. The molecule has 24 heavy (non-hydrogen) atoms. The molecule has 0 spiro atoms. The van der Waals surface area contributed by atoms with E-state index in [0.717, 1.165) is 11.1 Å². The number of amides is 2. The number of aliphatic hydroxyl groups is 1. The average molecular weight is 326 g/mol. The lowest BCUT2D eigenvalue weighted by molar-refractivity contribution is -0.142. The van der Waals surface area contributed by atoms with Gasteiger partial charge in [-0.25, -0.2) is 0 Å². The van der Waals surface area contributed by atoms with E-state index in [1.165, 1.54) is 4.90 Å². The van der Waals surface area contributed by atoms with Crippen molar-refractivity contribution in [3.05, 3.63) is 54.6 Å². The zero-order chi connectivity index (χ0) is 17.5. The minimum absolute atomic E-state index is 0.330. The zero-order valence-electron chi connectivity index (χ0n) is 13.9. The fourth-order valence-corrected chi connectivity index (χ4v) is 2.22. The van der Waals surface area contributed by atoms with Crippen LogP contribution in [0.5, 0.6) is 0 Å². The number of rotatable bonds is 5. The summed E-state index contributed by atoms with van der Waals surface area (Å²) in [5, 5.41) is 11.8. The highest BCUT2D eigenvalue weighted by Crippen LogP contribution is 2.20. The van der Waals surface area contributed by atoms with Crippen LogP contribution < -0.4 is 5.32 Å². The molecule has 1 unspecified atom stereocenters. The molecule has 2 N–H and O–H groups in total. The lowest BCUT2D eigenvalue weighted by Gasteiger charge is -2.17. The van der Waals surface area contributed by atoms with E-state index in [-0.39, 0.29) is 0 Å². The minimum atomic E-state index is -0.685. The topological polar surface area (TPSA) is 69.6 Å². The van der Waals surface area contributed by atoms with E-state index >= 15 is 0 Å². The van der Waals surface area contributed by atoms with Crippen molar-refractivity contribution in [3.63, 3.8) is 0 Å². The summed E-state index contributed by atoms with van der Waals surface area (Å²) in [5.41, 5.74) is 2.69. The fraction of sp³-hybridized carbons (Fsp3) is 0.263. The molecule has 2 aromatic rings. The molecule has 0 fully saturated rings. The van der Waals surface area contributed by atoms with Gasteiger partial charge in [0.2, 0.25) is 0 Å². The predicted octanol–water partition coefficient (Wildman–Crippen LogP) is 2.52. The Morgan fingerprint density at radius 3 is 2.21 bits per heavy atom. The average Bonchev–Trinajstić information content (AvgIpc) is 2.60. The van der Waals surface area contributed by atoms with Gasteiger partial charge in [0.05, 0.1) is 6.10 Å². The number of likely N-dealkylation sites (N-methyl/N-ethyl adjacent to an activating group) is 1. The van der Waals surface area contributed by atoms with Gasteiger partial charge in [0.1, 0.15) is 0 Å². The Morgan fingerprint density at radius 2 is 1.62 bits per heavy atom. The smallest absolute Gasteiger partial charge is 0.313 e. The highest BCUT2D eigenvalue weighted by Gasteiger charge is 2.18. The third-order valence-corrected chi connectivity index (χ3v) is 3.67. The molecule has 0 aromatic heterocycles. The third kappa shape index (κ3) is 4.93. The number of nitrogens with zero attached hydrogens (tertiary/aromatic N) is 1. The Kier molecular flexibility index (Phi) is 6.09. The molecule has 0 aliphatic rings. The van der Waals surface area contributed by atoms with Crippen LogP contribution in [0, 0.1) is 0 Å². The molecule has 2 amide bonds. The molecule has 0 radical (unpaired) electrons. The van der Waals surface area contributed by atoms with E-state index in [1.54, 1.807) is 26.1 Å². The maximum atomic E-state index is 12.0. The van der Waals surface area contributed by atoms with Crippen LogP contribution in [0.2, 0.25) is 0 Å². The van der Waals surface area contributed by atoms with Crippen LogP contribution in [-0.4, -0.2) is 41.5 Å². The summed E-state index contributed by atoms with van der Waals surface area (Å²) in [6, 6.07) is 17.2. The lowest BCUT2D eigenvalue weighted by Crippen LogP contribution is -2.38. The van der Waals surface area contributed by atoms with Crippen LogP contribution >= 0.6 is 0 Å². The van der Waals surface area contributed by atoms with Gasteiger partial charge < -0.3 is 15.3 Å². The summed E-state index contributed by atoms with van der Waals surface area (Å²) < 4.78 is 0. The van der Waals surface area contributed by atoms with Gasteiger partial charge >= 0.3 is 11.8 Å². The first-order valence-electron chi connectivity index (χ1n) is 7.87. The number of hydrogen-bond donors (Lipinski definition) is 2. The van der Waals surface area contributed by atoms with E-state index < -0.39 is 17.9 Å². The highest BCUT2D eigenvalue weighted by molar-refractivity contribution is 6.39. The SMILES string of the molecule is CC(O)CCN(C)C(=O)C(=O)Nc1ccc(-c2ccccc2)cc1. The Balaban J connectivity index is 1.95. The maximum absolute atomic E-state index is 12.0. The number of benzene rings is 2. The fourth-order valence-electron chi connectivity index (χ4n) is 2.22. The van der Waals surface area contributed by atoms with Crippen molar-refractivity contribution in [2.75, 3.05) is 18.9 Å². The molecular weight excluding hydrogens is 304 g/mol. The highest BCUT2D eigenvalue weighted by atomic mass is 16.3. The van der Waals surface area contributed by atoms with Gasteiger partial charge in [-0.05, 0) is 36.6 Å². The molecule has 126 valence electrons. The molecule has 0 saturated carbocycles. The van der Waals surface area contributed by atoms with Crippen LogP contribution in [0.25, 0.3) is 11.1 Å². The first-order chi connectivity index (χ1) is 11.5. The van der Waals surface area contributed by atoms with Crippen LogP contribution in [0.15, 0.2) is 54.6 Å². The molecule has 0 bridgehead atoms. The first-order valence-corrected chi connectivity index (χ1v) is 7.87. The van der Waals surface area contributed by atoms with Crippen molar-refractivity contribution >= 4 is 17.5 Å². The largest absolute Gasteiger partial charge is 0.393 e. The van der Waals surface area contributed by atoms with Gasteiger partial charge in [-0.3, -0.25) is 9.59 Å². The predicted molar refractivity (Wildman–Crippen MR) is 94.4 cm³/mol. The molecule has 0 aliphatic carbocycles. The van der Waals surface area contributed by atoms with Crippen LogP contribution in [-0.2, 0) is 9.59 Å². The number of nitrogens with one attached hydrogen (secondary N) is 1. The molecule has 1 atom stereocenters. The van der Waals surface area contributed by atoms with E-state index in [4.69, 9.17) is 0 Å². The summed E-state index contributed by atoms with van der Waals surface area (Å²) in [4.78, 5) is 25.3. The van der Waals surface area contributed by atoms with Gasteiger partial charge in [0, 0.05) is 19.3 Å². The third-order valence-electron chi connectivity index (χ3n) is 3.67. The van der Waals surface area contributed by atoms with E-state index in [0.29, 0.717) is 18.7 Å². The zero-order valence-corrected chi connectivity index (χ0v) is 13.9. The van der Waals surface area contributed by atoms with Crippen LogP contribution in [0.3, 0.4) is 0 Å². The van der Waals surface area contributed by atoms with Crippen molar-refractivity contribution in [1.29, 1.82) is 0 Å². The van der Waals surface area contributed by atoms with E-state index in [2.05, 4.69) is 5.32 Å². The molecule has 2 rings (SSSR count). The summed E-state index contributed by atoms with van der Waals surface area (Å²) in [5.74, 6) is -1.31. The number of anilines is 1. The van der Waals surface area contributed by atoms with Gasteiger partial charge in [-0.15, -0.1) is 0 Å². The maximum Gasteiger partial charge on any atom is 0.313 e. The monoisotopic (exact) mass is 326 g/mol. The molecule has 0 saturated heterocycles. The second kappa shape index (κ2) is 8.26. The van der Waals surface area contributed by atoms with Gasteiger partial charge in [0.15, 0.2) is 0 Å². The van der Waals surface area contributed by atoms with Crippen molar-refractivity contribution in [2.24, 2.45) is 0 Å². The molecule has 5 heteroatoms. The second-order valence-corrected chi connectivity index (χ2v) is 5.76. The van der Waals surface area contributed by atoms with E-state index in [9.17, 15) is 14.7 Å². The number of aliphatic hydroxyl groups excluding tert-OH is 1. The van der Waals surface area contributed by atoms with Gasteiger partial charge in [-0.1, -0.05) is 42.5 Å². The van der Waals surface area contributed by atoms with Gasteiger partial charge in [0.25, 0.3) is 0 Å². The Morgan fingerprint density at radius 1 is 1.04 bits per heavy atom. The quantitative estimate of drug-likeness (QED) is 0.830. The summed E-state index contributed by atoms with van der Waals surface area (Å²) in [7, 11) is 1.54. The Hall–Kier alpha value is -2.66. The molecule has 0 heterocycles. The number of carbonyl (C=O) groups is 2. The normalized spacial score (nSPS) is 11.6. The minimum Gasteiger partial charge on any atom is -0.393 e. The second-order valence-electron chi connectivity index (χ2n) is 5.76. The van der Waals surface area contributed by atoms with Crippen molar-refractivity contribution < 1.29 is 14.7 Å². The molecule has 0 aliphatic heterocycles. The Labute approximate surface area is 141 Å². The standard InChI is InChI=1S/C19H22N2O3/c1-14(22)12-13-21(2)19(24)18(23)20-17-10-8-16(9-11-17)15-6-4-3-5-7-15/h3-11,14,22H,12-13H2,1-2H3,(H,20,23). The van der Waals surface area contributed by atoms with Crippen LogP contribution in [0.4, 0.5) is 5.69 Å². The summed E-state index contributed by atoms with van der Waals surface area (Å²) in [6.45, 7) is 1.98. The Bertz CT molecular complexity index is 682. The first kappa shape index (κ1) is 17.7. The lowest BCUT2D eigenvalue weighted by atomic mass is 10.1. The number of hydrogen-bond acceptors (Lipinski definition) is 3. The molecule has 5 nitrogen and oxygen atoms in total. The summed E-state index contributed by atoms with van der Waals surface area (Å²) >= 11 is 0. The van der Waals surface area contributed by atoms with Crippen molar-refractivity contribution in [3.8, 4) is 11.1 Å². The molecule has 2 aromatic carbocycles. The van der Waals surface area contributed by atoms with Crippen molar-refractivity contribution in [2.45, 2.75) is 19.4 Å². The van der Waals surface area contributed by atoms with Crippen molar-refractivity contribution in [1.82, 2.24) is 4.90 Å².